The number of fused-ring (bicyclic) bond motifs is 2. The van der Waals surface area contributed by atoms with Gasteiger partial charge in [0, 0.05) is 11.4 Å². The number of carbonyl (C=O) groups excluding carboxylic acids is 2. The van der Waals surface area contributed by atoms with Crippen molar-refractivity contribution in [2.45, 2.75) is 38.1 Å². The van der Waals surface area contributed by atoms with Crippen LogP contribution in [0, 0.1) is 0 Å². The summed E-state index contributed by atoms with van der Waals surface area (Å²) >= 11 is 3.16. The van der Waals surface area contributed by atoms with Gasteiger partial charge in [-0.3, -0.25) is 10.2 Å². The minimum absolute atomic E-state index is 0.0418. The lowest BCUT2D eigenvalue weighted by Gasteiger charge is -2.23. The Morgan fingerprint density at radius 3 is 2.86 bits per heavy atom. The fourth-order valence-electron chi connectivity index (χ4n) is 3.98. The first-order valence-electron chi connectivity index (χ1n) is 9.53. The van der Waals surface area contributed by atoms with Crippen LogP contribution < -0.4 is 10.9 Å². The van der Waals surface area contributed by atoms with Gasteiger partial charge in [-0.15, -0.1) is 22.7 Å². The number of hydrazine groups is 1. The molecule has 28 heavy (non-hydrogen) atoms. The summed E-state index contributed by atoms with van der Waals surface area (Å²) in [5.41, 5.74) is 7.41. The standard InChI is InChI=1S/C20H20N4O2S2/c25-18(17-11-12-5-3-9-15(12)27-17)22-23-20(26)24-10-4-7-14(24)19-21-13-6-1-2-8-16(13)28-19/h1-2,6,8,11,14H,3-5,7,9-10H2,(H,22,25)(H,23,26). The molecule has 2 aliphatic rings. The van der Waals surface area contributed by atoms with Gasteiger partial charge < -0.3 is 4.90 Å². The third kappa shape index (κ3) is 3.16. The number of carbonyl (C=O) groups is 2. The zero-order chi connectivity index (χ0) is 19.1. The van der Waals surface area contributed by atoms with Gasteiger partial charge in [-0.25, -0.2) is 15.2 Å². The van der Waals surface area contributed by atoms with Gasteiger partial charge in [-0.1, -0.05) is 12.1 Å². The van der Waals surface area contributed by atoms with Crippen molar-refractivity contribution in [1.29, 1.82) is 0 Å². The molecular formula is C20H20N4O2S2. The summed E-state index contributed by atoms with van der Waals surface area (Å²) in [4.78, 5) is 33.5. The Bertz CT molecular complexity index is 1000. The van der Waals surface area contributed by atoms with Crippen molar-refractivity contribution in [3.63, 3.8) is 0 Å². The van der Waals surface area contributed by atoms with Crippen molar-refractivity contribution in [3.8, 4) is 0 Å². The summed E-state index contributed by atoms with van der Waals surface area (Å²) in [5.74, 6) is -0.247. The number of amides is 3. The van der Waals surface area contributed by atoms with Crippen molar-refractivity contribution in [1.82, 2.24) is 20.7 Å². The summed E-state index contributed by atoms with van der Waals surface area (Å²) in [6.07, 6.45) is 5.08. The van der Waals surface area contributed by atoms with E-state index in [0.717, 1.165) is 40.9 Å². The second-order valence-electron chi connectivity index (χ2n) is 7.17. The first kappa shape index (κ1) is 17.6. The van der Waals surface area contributed by atoms with E-state index in [1.165, 1.54) is 28.2 Å². The van der Waals surface area contributed by atoms with Crippen molar-refractivity contribution in [2.75, 3.05) is 6.54 Å². The smallest absolute Gasteiger partial charge is 0.314 e. The zero-order valence-corrected chi connectivity index (χ0v) is 16.9. The lowest BCUT2D eigenvalue weighted by molar-refractivity contribution is 0.0933. The molecular weight excluding hydrogens is 392 g/mol. The normalized spacial score (nSPS) is 18.4. The molecule has 5 rings (SSSR count). The first-order chi connectivity index (χ1) is 13.7. The van der Waals surface area contributed by atoms with Gasteiger partial charge in [-0.05, 0) is 55.9 Å². The van der Waals surface area contributed by atoms with E-state index in [1.54, 1.807) is 16.2 Å². The molecule has 0 radical (unpaired) electrons. The first-order valence-corrected chi connectivity index (χ1v) is 11.2. The molecule has 2 aromatic heterocycles. The maximum absolute atomic E-state index is 12.7. The number of para-hydroxylation sites is 1. The van der Waals surface area contributed by atoms with Gasteiger partial charge in [0.15, 0.2) is 0 Å². The number of benzene rings is 1. The van der Waals surface area contributed by atoms with Gasteiger partial charge in [-0.2, -0.15) is 0 Å². The molecule has 1 aliphatic heterocycles. The Labute approximate surface area is 170 Å². The van der Waals surface area contributed by atoms with Crippen LogP contribution in [-0.2, 0) is 12.8 Å². The van der Waals surface area contributed by atoms with E-state index in [2.05, 4.69) is 16.9 Å². The summed E-state index contributed by atoms with van der Waals surface area (Å²) in [5, 5.41) is 0.954. The topological polar surface area (TPSA) is 74.3 Å². The van der Waals surface area contributed by atoms with Gasteiger partial charge in [0.05, 0.1) is 21.1 Å². The van der Waals surface area contributed by atoms with Gasteiger partial charge in [0.25, 0.3) is 5.91 Å². The van der Waals surface area contributed by atoms with Crippen LogP contribution in [0.25, 0.3) is 10.2 Å². The van der Waals surface area contributed by atoms with Gasteiger partial charge in [0.2, 0.25) is 0 Å². The summed E-state index contributed by atoms with van der Waals surface area (Å²) in [7, 11) is 0. The molecule has 6 nitrogen and oxygen atoms in total. The van der Waals surface area contributed by atoms with Crippen LogP contribution in [0.15, 0.2) is 30.3 Å². The maximum Gasteiger partial charge on any atom is 0.336 e. The molecule has 1 fully saturated rings. The number of aryl methyl sites for hydroxylation is 2. The molecule has 2 N–H and O–H groups in total. The number of nitrogens with zero attached hydrogens (tertiary/aromatic N) is 2. The highest BCUT2D eigenvalue weighted by Crippen LogP contribution is 2.36. The highest BCUT2D eigenvalue weighted by atomic mass is 32.1. The predicted octanol–water partition coefficient (Wildman–Crippen LogP) is 4.04. The Morgan fingerprint density at radius 1 is 1.11 bits per heavy atom. The van der Waals surface area contributed by atoms with Crippen LogP contribution >= 0.6 is 22.7 Å². The van der Waals surface area contributed by atoms with Crippen molar-refractivity contribution >= 4 is 44.8 Å². The molecule has 3 amide bonds. The molecule has 144 valence electrons. The summed E-state index contributed by atoms with van der Waals surface area (Å²) < 4.78 is 1.13. The number of hydrogen-bond acceptors (Lipinski definition) is 5. The number of thiazole rings is 1. The van der Waals surface area contributed by atoms with Crippen LogP contribution in [0.2, 0.25) is 0 Å². The second-order valence-corrected chi connectivity index (χ2v) is 9.37. The second kappa shape index (κ2) is 7.18. The number of nitrogens with one attached hydrogen (secondary N) is 2. The van der Waals surface area contributed by atoms with Crippen LogP contribution in [0.4, 0.5) is 4.79 Å². The van der Waals surface area contributed by atoms with Crippen LogP contribution in [0.3, 0.4) is 0 Å². The minimum atomic E-state index is -0.279. The quantitative estimate of drug-likeness (QED) is 0.624. The lowest BCUT2D eigenvalue weighted by Crippen LogP contribution is -2.48. The number of rotatable bonds is 2. The fraction of sp³-hybridized carbons (Fsp3) is 0.350. The lowest BCUT2D eigenvalue weighted by atomic mass is 10.2. The van der Waals surface area contributed by atoms with Crippen LogP contribution in [0.5, 0.6) is 0 Å². The van der Waals surface area contributed by atoms with Gasteiger partial charge in [0.1, 0.15) is 5.01 Å². The van der Waals surface area contributed by atoms with E-state index in [4.69, 9.17) is 4.98 Å². The fourth-order valence-corrected chi connectivity index (χ4v) is 6.25. The van der Waals surface area contributed by atoms with E-state index in [1.807, 2.05) is 24.3 Å². The Balaban J connectivity index is 1.25. The summed E-state index contributed by atoms with van der Waals surface area (Å²) in [6.45, 7) is 0.662. The van der Waals surface area contributed by atoms with Crippen LogP contribution in [-0.4, -0.2) is 28.4 Å². The number of urea groups is 1. The summed E-state index contributed by atoms with van der Waals surface area (Å²) in [6, 6.07) is 9.65. The highest BCUT2D eigenvalue weighted by Gasteiger charge is 2.32. The van der Waals surface area contributed by atoms with Crippen molar-refractivity contribution in [3.05, 3.63) is 50.7 Å². The van der Waals surface area contributed by atoms with E-state index >= 15 is 0 Å². The van der Waals surface area contributed by atoms with Crippen LogP contribution in [0.1, 0.15) is 50.4 Å². The van der Waals surface area contributed by atoms with Gasteiger partial charge >= 0.3 is 6.03 Å². The molecule has 8 heteroatoms. The average Bonchev–Trinajstić information content (AvgIpc) is 3.47. The van der Waals surface area contributed by atoms with Crippen molar-refractivity contribution < 1.29 is 9.59 Å². The monoisotopic (exact) mass is 412 g/mol. The maximum atomic E-state index is 12.7. The van der Waals surface area contributed by atoms with E-state index in [0.29, 0.717) is 11.4 Å². The van der Waals surface area contributed by atoms with E-state index in [9.17, 15) is 9.59 Å². The Hall–Kier alpha value is -2.45. The molecule has 1 atom stereocenters. The molecule has 0 saturated carbocycles. The third-order valence-electron chi connectivity index (χ3n) is 5.36. The molecule has 0 spiro atoms. The molecule has 1 unspecified atom stereocenters. The minimum Gasteiger partial charge on any atom is -0.314 e. The average molecular weight is 413 g/mol. The number of thiophene rings is 1. The number of likely N-dealkylation sites (tertiary alicyclic amines) is 1. The Morgan fingerprint density at radius 2 is 2.00 bits per heavy atom. The SMILES string of the molecule is O=C(NNC(=O)N1CCCC1c1nc2ccccc2s1)c1cc2c(s1)CCC2. The van der Waals surface area contributed by atoms with E-state index in [-0.39, 0.29) is 18.0 Å². The largest absolute Gasteiger partial charge is 0.336 e. The Kier molecular flexibility index (Phi) is 4.52. The molecule has 3 aromatic rings. The van der Waals surface area contributed by atoms with Crippen molar-refractivity contribution in [2.24, 2.45) is 0 Å². The number of aromatic nitrogens is 1. The van der Waals surface area contributed by atoms with E-state index < -0.39 is 0 Å². The molecule has 3 heterocycles. The highest BCUT2D eigenvalue weighted by molar-refractivity contribution is 7.18. The number of hydrogen-bond donors (Lipinski definition) is 2. The predicted molar refractivity (Wildman–Crippen MR) is 111 cm³/mol. The third-order valence-corrected chi connectivity index (χ3v) is 7.74. The molecule has 1 aliphatic carbocycles. The zero-order valence-electron chi connectivity index (χ0n) is 15.2. The molecule has 1 aromatic carbocycles. The molecule has 0 bridgehead atoms. The molecule has 1 saturated heterocycles.